The highest BCUT2D eigenvalue weighted by molar-refractivity contribution is 6.31. The predicted octanol–water partition coefficient (Wildman–Crippen LogP) is 2.25. The number of hydrogen-bond donors (Lipinski definition) is 2. The third-order valence-corrected chi connectivity index (χ3v) is 3.79. The smallest absolute Gasteiger partial charge is 0.191 e. The largest absolute Gasteiger partial charge is 0.352 e. The number of aromatic nitrogens is 3. The zero-order valence-electron chi connectivity index (χ0n) is 12.7. The SMILES string of the molecule is CN=C(NCc1ccccc1Cl)NCc1nnc2ccccn12. The maximum absolute atomic E-state index is 6.15. The van der Waals surface area contributed by atoms with Gasteiger partial charge in [0.05, 0.1) is 6.54 Å². The molecule has 2 N–H and O–H groups in total. The van der Waals surface area contributed by atoms with Crippen LogP contribution in [0.5, 0.6) is 0 Å². The molecule has 0 spiro atoms. The Labute approximate surface area is 139 Å². The van der Waals surface area contributed by atoms with Gasteiger partial charge in [0.15, 0.2) is 17.4 Å². The van der Waals surface area contributed by atoms with Crippen LogP contribution in [0.15, 0.2) is 53.7 Å². The first-order chi connectivity index (χ1) is 11.3. The van der Waals surface area contributed by atoms with Crippen LogP contribution in [0.4, 0.5) is 0 Å². The summed E-state index contributed by atoms with van der Waals surface area (Å²) >= 11 is 6.15. The molecule has 6 nitrogen and oxygen atoms in total. The maximum atomic E-state index is 6.15. The Balaban J connectivity index is 1.61. The molecular weight excluding hydrogens is 312 g/mol. The number of aliphatic imine (C=N–C) groups is 1. The molecule has 0 saturated heterocycles. The molecule has 23 heavy (non-hydrogen) atoms. The van der Waals surface area contributed by atoms with E-state index in [9.17, 15) is 0 Å². The van der Waals surface area contributed by atoms with E-state index in [0.717, 1.165) is 22.1 Å². The van der Waals surface area contributed by atoms with Crippen LogP contribution >= 0.6 is 11.6 Å². The van der Waals surface area contributed by atoms with Gasteiger partial charge in [-0.2, -0.15) is 0 Å². The average molecular weight is 329 g/mol. The molecule has 0 aliphatic heterocycles. The molecule has 0 atom stereocenters. The summed E-state index contributed by atoms with van der Waals surface area (Å²) in [4.78, 5) is 4.21. The van der Waals surface area contributed by atoms with Crippen molar-refractivity contribution >= 4 is 23.2 Å². The molecule has 1 aromatic carbocycles. The minimum atomic E-state index is 0.521. The molecule has 118 valence electrons. The van der Waals surface area contributed by atoms with Crippen LogP contribution in [0, 0.1) is 0 Å². The summed E-state index contributed by atoms with van der Waals surface area (Å²) in [6, 6.07) is 13.5. The zero-order chi connectivity index (χ0) is 16.1. The Kier molecular flexibility index (Phi) is 4.73. The van der Waals surface area contributed by atoms with Gasteiger partial charge in [0.2, 0.25) is 0 Å². The van der Waals surface area contributed by atoms with Gasteiger partial charge in [-0.25, -0.2) is 0 Å². The predicted molar refractivity (Wildman–Crippen MR) is 91.5 cm³/mol. The van der Waals surface area contributed by atoms with Crippen molar-refractivity contribution in [3.8, 4) is 0 Å². The Morgan fingerprint density at radius 3 is 2.70 bits per heavy atom. The fourth-order valence-corrected chi connectivity index (χ4v) is 2.42. The molecule has 0 aliphatic carbocycles. The van der Waals surface area contributed by atoms with Crippen molar-refractivity contribution in [3.05, 3.63) is 65.1 Å². The first-order valence-corrected chi connectivity index (χ1v) is 7.62. The Hall–Kier alpha value is -2.60. The van der Waals surface area contributed by atoms with Gasteiger partial charge in [-0.1, -0.05) is 35.9 Å². The Morgan fingerprint density at radius 1 is 1.09 bits per heavy atom. The van der Waals surface area contributed by atoms with Gasteiger partial charge >= 0.3 is 0 Å². The molecule has 0 unspecified atom stereocenters. The van der Waals surface area contributed by atoms with Crippen molar-refractivity contribution in [2.24, 2.45) is 4.99 Å². The molecule has 0 fully saturated rings. The Bertz CT molecular complexity index is 826. The van der Waals surface area contributed by atoms with E-state index in [2.05, 4.69) is 25.8 Å². The first-order valence-electron chi connectivity index (χ1n) is 7.24. The summed E-state index contributed by atoms with van der Waals surface area (Å²) in [6.07, 6.45) is 1.94. The van der Waals surface area contributed by atoms with Crippen molar-refractivity contribution in [3.63, 3.8) is 0 Å². The van der Waals surface area contributed by atoms with Crippen molar-refractivity contribution < 1.29 is 0 Å². The third-order valence-electron chi connectivity index (χ3n) is 3.43. The van der Waals surface area contributed by atoms with Gasteiger partial charge in [-0.05, 0) is 23.8 Å². The van der Waals surface area contributed by atoms with Crippen molar-refractivity contribution in [1.29, 1.82) is 0 Å². The molecule has 0 amide bonds. The van der Waals surface area contributed by atoms with Crippen LogP contribution in [-0.4, -0.2) is 27.6 Å². The van der Waals surface area contributed by atoms with Gasteiger partial charge in [-0.15, -0.1) is 10.2 Å². The summed E-state index contributed by atoms with van der Waals surface area (Å²) in [5, 5.41) is 15.5. The molecule has 0 bridgehead atoms. The molecule has 2 heterocycles. The lowest BCUT2D eigenvalue weighted by molar-refractivity contribution is 0.763. The average Bonchev–Trinajstić information content (AvgIpc) is 3.00. The van der Waals surface area contributed by atoms with Gasteiger partial charge in [-0.3, -0.25) is 9.39 Å². The second-order valence-electron chi connectivity index (χ2n) is 4.92. The molecule has 3 aromatic rings. The van der Waals surface area contributed by atoms with Crippen molar-refractivity contribution in [1.82, 2.24) is 25.2 Å². The summed E-state index contributed by atoms with van der Waals surface area (Å²) in [5.41, 5.74) is 1.84. The third kappa shape index (κ3) is 3.60. The normalized spacial score (nSPS) is 11.7. The first kappa shape index (κ1) is 15.3. The highest BCUT2D eigenvalue weighted by atomic mass is 35.5. The molecule has 0 aliphatic rings. The fourth-order valence-electron chi connectivity index (χ4n) is 2.22. The van der Waals surface area contributed by atoms with E-state index in [-0.39, 0.29) is 0 Å². The molecule has 2 aromatic heterocycles. The maximum Gasteiger partial charge on any atom is 0.191 e. The summed E-state index contributed by atoms with van der Waals surface area (Å²) in [7, 11) is 1.73. The number of nitrogens with one attached hydrogen (secondary N) is 2. The molecule has 0 saturated carbocycles. The number of nitrogens with zero attached hydrogens (tertiary/aromatic N) is 4. The number of guanidine groups is 1. The van der Waals surface area contributed by atoms with E-state index in [4.69, 9.17) is 11.6 Å². The second kappa shape index (κ2) is 7.11. The number of benzene rings is 1. The van der Waals surface area contributed by atoms with Crippen LogP contribution in [0.3, 0.4) is 0 Å². The topological polar surface area (TPSA) is 66.6 Å². The summed E-state index contributed by atoms with van der Waals surface area (Å²) in [6.45, 7) is 1.12. The second-order valence-corrected chi connectivity index (χ2v) is 5.32. The summed E-state index contributed by atoms with van der Waals surface area (Å²) in [5.74, 6) is 1.50. The lowest BCUT2D eigenvalue weighted by Gasteiger charge is -2.12. The van der Waals surface area contributed by atoms with E-state index < -0.39 is 0 Å². The minimum Gasteiger partial charge on any atom is -0.352 e. The number of fused-ring (bicyclic) bond motifs is 1. The van der Waals surface area contributed by atoms with Gasteiger partial charge in [0.25, 0.3) is 0 Å². The van der Waals surface area contributed by atoms with Crippen molar-refractivity contribution in [2.45, 2.75) is 13.1 Å². The highest BCUT2D eigenvalue weighted by Crippen LogP contribution is 2.14. The van der Waals surface area contributed by atoms with E-state index >= 15 is 0 Å². The van der Waals surface area contributed by atoms with E-state index in [1.54, 1.807) is 7.05 Å². The molecule has 3 rings (SSSR count). The number of hydrogen-bond acceptors (Lipinski definition) is 3. The molecular formula is C16H17ClN6. The van der Waals surface area contributed by atoms with Crippen LogP contribution in [0.25, 0.3) is 5.65 Å². The standard InChI is InChI=1S/C16H17ClN6/c1-18-16(19-10-12-6-2-3-7-13(12)17)20-11-15-22-21-14-8-4-5-9-23(14)15/h2-9H,10-11H2,1H3,(H2,18,19,20). The van der Waals surface area contributed by atoms with E-state index in [1.807, 2.05) is 53.1 Å². The number of rotatable bonds is 4. The molecule has 0 radical (unpaired) electrons. The lowest BCUT2D eigenvalue weighted by Crippen LogP contribution is -2.36. The van der Waals surface area contributed by atoms with Crippen LogP contribution in [0.2, 0.25) is 5.02 Å². The van der Waals surface area contributed by atoms with E-state index in [0.29, 0.717) is 19.0 Å². The zero-order valence-corrected chi connectivity index (χ0v) is 13.5. The minimum absolute atomic E-state index is 0.521. The lowest BCUT2D eigenvalue weighted by atomic mass is 10.2. The highest BCUT2D eigenvalue weighted by Gasteiger charge is 2.06. The monoisotopic (exact) mass is 328 g/mol. The van der Waals surface area contributed by atoms with Crippen LogP contribution in [-0.2, 0) is 13.1 Å². The van der Waals surface area contributed by atoms with Crippen molar-refractivity contribution in [2.75, 3.05) is 7.05 Å². The quantitative estimate of drug-likeness (QED) is 0.569. The number of halogens is 1. The summed E-state index contributed by atoms with van der Waals surface area (Å²) < 4.78 is 1.94. The van der Waals surface area contributed by atoms with Gasteiger partial charge in [0, 0.05) is 24.8 Å². The fraction of sp³-hybridized carbons (Fsp3) is 0.188. The van der Waals surface area contributed by atoms with Crippen LogP contribution < -0.4 is 10.6 Å². The van der Waals surface area contributed by atoms with Gasteiger partial charge < -0.3 is 10.6 Å². The number of pyridine rings is 1. The van der Waals surface area contributed by atoms with Crippen LogP contribution in [0.1, 0.15) is 11.4 Å². The molecule has 7 heteroatoms. The van der Waals surface area contributed by atoms with Gasteiger partial charge in [0.1, 0.15) is 0 Å². The Morgan fingerprint density at radius 2 is 1.87 bits per heavy atom. The van der Waals surface area contributed by atoms with E-state index in [1.165, 1.54) is 0 Å².